The molecule has 0 saturated carbocycles. The summed E-state index contributed by atoms with van der Waals surface area (Å²) >= 11 is 0. The van der Waals surface area contributed by atoms with Gasteiger partial charge in [0.1, 0.15) is 12.4 Å². The van der Waals surface area contributed by atoms with E-state index < -0.39 is 0 Å². The van der Waals surface area contributed by atoms with Gasteiger partial charge in [-0.25, -0.2) is 9.07 Å². The van der Waals surface area contributed by atoms with Crippen LogP contribution in [0.4, 0.5) is 4.39 Å². The molecule has 0 N–H and O–H groups in total. The van der Waals surface area contributed by atoms with E-state index in [1.807, 2.05) is 32.0 Å². The second kappa shape index (κ2) is 7.19. The maximum absolute atomic E-state index is 13.1. The van der Waals surface area contributed by atoms with E-state index in [0.717, 1.165) is 11.1 Å². The first-order valence-electron chi connectivity index (χ1n) is 8.74. The minimum absolute atomic E-state index is 0.0473. The number of aryl methyl sites for hydroxylation is 2. The van der Waals surface area contributed by atoms with Crippen LogP contribution in [0.25, 0.3) is 22.6 Å². The average molecular weight is 376 g/mol. The fourth-order valence-electron chi connectivity index (χ4n) is 2.78. The van der Waals surface area contributed by atoms with E-state index in [1.165, 1.54) is 28.4 Å². The first kappa shape index (κ1) is 17.8. The quantitative estimate of drug-likeness (QED) is 0.542. The lowest BCUT2D eigenvalue weighted by molar-refractivity contribution is 0.363. The predicted octanol–water partition coefficient (Wildman–Crippen LogP) is 3.76. The van der Waals surface area contributed by atoms with Gasteiger partial charge in [0, 0.05) is 17.2 Å². The molecule has 0 amide bonds. The van der Waals surface area contributed by atoms with E-state index in [2.05, 4.69) is 15.2 Å². The van der Waals surface area contributed by atoms with Gasteiger partial charge in [-0.15, -0.1) is 0 Å². The third-order valence-corrected chi connectivity index (χ3v) is 4.52. The van der Waals surface area contributed by atoms with Crippen molar-refractivity contribution in [2.75, 3.05) is 0 Å². The molecule has 0 unspecified atom stereocenters. The Kier molecular flexibility index (Phi) is 4.57. The smallest absolute Gasteiger partial charge is 0.267 e. The fraction of sp³-hybridized carbons (Fsp3) is 0.143. The molecule has 0 saturated heterocycles. The van der Waals surface area contributed by atoms with Crippen LogP contribution >= 0.6 is 0 Å². The lowest BCUT2D eigenvalue weighted by Crippen LogP contribution is -2.23. The third kappa shape index (κ3) is 3.59. The van der Waals surface area contributed by atoms with E-state index in [4.69, 9.17) is 4.52 Å². The van der Waals surface area contributed by atoms with Crippen molar-refractivity contribution >= 4 is 0 Å². The maximum atomic E-state index is 13.1. The van der Waals surface area contributed by atoms with Crippen molar-refractivity contribution in [3.8, 4) is 22.6 Å². The summed E-state index contributed by atoms with van der Waals surface area (Å²) in [6.45, 7) is 4.10. The Bertz CT molecular complexity index is 1200. The number of hydrogen-bond acceptors (Lipinski definition) is 5. The largest absolute Gasteiger partial charge is 0.337 e. The summed E-state index contributed by atoms with van der Waals surface area (Å²) in [5.41, 5.74) is 4.12. The maximum Gasteiger partial charge on any atom is 0.267 e. The number of aromatic nitrogens is 4. The van der Waals surface area contributed by atoms with Gasteiger partial charge in [0.05, 0.1) is 5.69 Å². The third-order valence-electron chi connectivity index (χ3n) is 4.52. The SMILES string of the molecule is Cc1ccc(-c2noc(Cn3nc(-c4ccc(F)cc4)ccc3=O)n2)cc1C. The summed E-state index contributed by atoms with van der Waals surface area (Å²) in [6.07, 6.45) is 0. The summed E-state index contributed by atoms with van der Waals surface area (Å²) in [5.74, 6) is 0.404. The predicted molar refractivity (Wildman–Crippen MR) is 102 cm³/mol. The van der Waals surface area contributed by atoms with Gasteiger partial charge in [-0.05, 0) is 61.4 Å². The molecule has 0 aliphatic rings. The van der Waals surface area contributed by atoms with Crippen LogP contribution in [0.2, 0.25) is 0 Å². The van der Waals surface area contributed by atoms with Crippen molar-refractivity contribution in [3.05, 3.63) is 87.8 Å². The standard InChI is InChI=1S/C21H17FN4O2/c1-13-3-4-16(11-14(13)2)21-23-19(28-25-21)12-26-20(27)10-9-18(24-26)15-5-7-17(22)8-6-15/h3-11H,12H2,1-2H3. The number of benzene rings is 2. The normalized spacial score (nSPS) is 11.0. The summed E-state index contributed by atoms with van der Waals surface area (Å²) in [4.78, 5) is 16.5. The van der Waals surface area contributed by atoms with E-state index in [0.29, 0.717) is 17.1 Å². The first-order valence-corrected chi connectivity index (χ1v) is 8.74. The van der Waals surface area contributed by atoms with Gasteiger partial charge in [-0.1, -0.05) is 17.3 Å². The van der Waals surface area contributed by atoms with E-state index in [1.54, 1.807) is 18.2 Å². The van der Waals surface area contributed by atoms with Crippen LogP contribution in [0.1, 0.15) is 17.0 Å². The minimum Gasteiger partial charge on any atom is -0.337 e. The molecule has 6 nitrogen and oxygen atoms in total. The van der Waals surface area contributed by atoms with Gasteiger partial charge in [0.25, 0.3) is 5.56 Å². The molecule has 0 radical (unpaired) electrons. The summed E-state index contributed by atoms with van der Waals surface area (Å²) in [5, 5.41) is 8.33. The molecule has 0 aliphatic carbocycles. The van der Waals surface area contributed by atoms with Gasteiger partial charge in [-0.2, -0.15) is 10.1 Å². The molecule has 140 valence electrons. The Morgan fingerprint density at radius 2 is 1.71 bits per heavy atom. The van der Waals surface area contributed by atoms with Gasteiger partial charge in [0.2, 0.25) is 11.7 Å². The van der Waals surface area contributed by atoms with Gasteiger partial charge >= 0.3 is 0 Å². The highest BCUT2D eigenvalue weighted by Gasteiger charge is 2.12. The molecule has 0 fully saturated rings. The molecule has 0 spiro atoms. The Morgan fingerprint density at radius 1 is 0.964 bits per heavy atom. The molecule has 2 aromatic carbocycles. The second-order valence-corrected chi connectivity index (χ2v) is 6.53. The van der Waals surface area contributed by atoms with E-state index in [-0.39, 0.29) is 23.8 Å². The van der Waals surface area contributed by atoms with Gasteiger partial charge in [-0.3, -0.25) is 4.79 Å². The van der Waals surface area contributed by atoms with Crippen LogP contribution in [-0.2, 0) is 6.54 Å². The van der Waals surface area contributed by atoms with Crippen molar-refractivity contribution in [2.24, 2.45) is 0 Å². The lowest BCUT2D eigenvalue weighted by atomic mass is 10.1. The Labute approximate surface area is 160 Å². The molecule has 0 bridgehead atoms. The van der Waals surface area contributed by atoms with Crippen LogP contribution in [0.5, 0.6) is 0 Å². The number of rotatable bonds is 4. The topological polar surface area (TPSA) is 73.8 Å². The van der Waals surface area contributed by atoms with Crippen molar-refractivity contribution in [1.29, 1.82) is 0 Å². The highest BCUT2D eigenvalue weighted by molar-refractivity contribution is 5.58. The van der Waals surface area contributed by atoms with Gasteiger partial charge < -0.3 is 4.52 Å². The van der Waals surface area contributed by atoms with Crippen molar-refractivity contribution in [1.82, 2.24) is 19.9 Å². The second-order valence-electron chi connectivity index (χ2n) is 6.53. The lowest BCUT2D eigenvalue weighted by Gasteiger charge is -2.05. The fourth-order valence-corrected chi connectivity index (χ4v) is 2.78. The Morgan fingerprint density at radius 3 is 2.46 bits per heavy atom. The minimum atomic E-state index is -0.332. The van der Waals surface area contributed by atoms with Crippen LogP contribution < -0.4 is 5.56 Å². The molecule has 2 aromatic heterocycles. The zero-order chi connectivity index (χ0) is 19.7. The van der Waals surface area contributed by atoms with E-state index in [9.17, 15) is 9.18 Å². The molecule has 4 aromatic rings. The average Bonchev–Trinajstić information content (AvgIpc) is 3.15. The zero-order valence-electron chi connectivity index (χ0n) is 15.4. The van der Waals surface area contributed by atoms with Crippen molar-refractivity contribution < 1.29 is 8.91 Å². The van der Waals surface area contributed by atoms with E-state index >= 15 is 0 Å². The first-order chi connectivity index (χ1) is 13.5. The summed E-state index contributed by atoms with van der Waals surface area (Å²) in [6, 6.07) is 14.8. The molecule has 28 heavy (non-hydrogen) atoms. The summed E-state index contributed by atoms with van der Waals surface area (Å²) in [7, 11) is 0. The number of hydrogen-bond donors (Lipinski definition) is 0. The summed E-state index contributed by atoms with van der Waals surface area (Å²) < 4.78 is 19.7. The number of nitrogens with zero attached hydrogens (tertiary/aromatic N) is 4. The molecular formula is C21H17FN4O2. The van der Waals surface area contributed by atoms with Crippen LogP contribution in [0, 0.1) is 19.7 Å². The molecule has 7 heteroatoms. The monoisotopic (exact) mass is 376 g/mol. The highest BCUT2D eigenvalue weighted by atomic mass is 19.1. The van der Waals surface area contributed by atoms with Crippen LogP contribution in [0.3, 0.4) is 0 Å². The van der Waals surface area contributed by atoms with Crippen molar-refractivity contribution in [2.45, 2.75) is 20.4 Å². The number of halogens is 1. The molecular weight excluding hydrogens is 359 g/mol. The molecule has 0 aliphatic heterocycles. The zero-order valence-corrected chi connectivity index (χ0v) is 15.4. The highest BCUT2D eigenvalue weighted by Crippen LogP contribution is 2.20. The van der Waals surface area contributed by atoms with Crippen LogP contribution in [-0.4, -0.2) is 19.9 Å². The molecule has 0 atom stereocenters. The molecule has 2 heterocycles. The Hall–Kier alpha value is -3.61. The Balaban J connectivity index is 1.62. The van der Waals surface area contributed by atoms with Crippen molar-refractivity contribution in [3.63, 3.8) is 0 Å². The molecule has 4 rings (SSSR count). The van der Waals surface area contributed by atoms with Gasteiger partial charge in [0.15, 0.2) is 0 Å². The van der Waals surface area contributed by atoms with Crippen LogP contribution in [0.15, 0.2) is 63.9 Å².